The number of ether oxygens (including phenoxy) is 3. The van der Waals surface area contributed by atoms with Crippen molar-refractivity contribution in [2.45, 2.75) is 13.0 Å². The summed E-state index contributed by atoms with van der Waals surface area (Å²) in [7, 11) is 1.33. The normalized spacial score (nSPS) is 11.9. The minimum atomic E-state index is -0.366. The minimum absolute atomic E-state index is 0.118. The summed E-state index contributed by atoms with van der Waals surface area (Å²) in [5.74, 6) is 0.770. The summed E-state index contributed by atoms with van der Waals surface area (Å²) >= 11 is 0. The maximum Gasteiger partial charge on any atom is 0.307 e. The number of fused-ring (bicyclic) bond motifs is 1. The number of pyridine rings is 1. The highest BCUT2D eigenvalue weighted by Gasteiger charge is 2.20. The Balaban J connectivity index is 1.78. The summed E-state index contributed by atoms with van der Waals surface area (Å²) in [4.78, 5) is 29.8. The van der Waals surface area contributed by atoms with Crippen LogP contribution in [0.5, 0.6) is 11.5 Å². The van der Waals surface area contributed by atoms with Crippen LogP contribution in [0, 0.1) is 0 Å². The Morgan fingerprint density at radius 3 is 2.84 bits per heavy atom. The topological polar surface area (TPSA) is 78.0 Å². The number of hydrogen-bond acceptors (Lipinski definition) is 6. The molecule has 0 bridgehead atoms. The van der Waals surface area contributed by atoms with Gasteiger partial charge in [0.25, 0.3) is 5.91 Å². The van der Waals surface area contributed by atoms with Gasteiger partial charge in [0.15, 0.2) is 11.5 Å². The highest BCUT2D eigenvalue weighted by atomic mass is 16.7. The van der Waals surface area contributed by atoms with Gasteiger partial charge in [0.05, 0.1) is 19.1 Å². The number of methoxy groups -OCH3 is 1. The molecule has 0 saturated heterocycles. The molecule has 0 unspecified atom stereocenters. The number of aromatic nitrogens is 1. The van der Waals surface area contributed by atoms with Crippen LogP contribution < -0.4 is 9.47 Å². The van der Waals surface area contributed by atoms with E-state index in [0.717, 1.165) is 5.56 Å². The smallest absolute Gasteiger partial charge is 0.307 e. The second-order valence-corrected chi connectivity index (χ2v) is 5.48. The highest BCUT2D eigenvalue weighted by Crippen LogP contribution is 2.32. The quantitative estimate of drug-likeness (QED) is 0.748. The van der Waals surface area contributed by atoms with Crippen LogP contribution in [0.3, 0.4) is 0 Å². The lowest BCUT2D eigenvalue weighted by Gasteiger charge is -2.22. The fraction of sp³-hybridized carbons (Fsp3) is 0.278. The predicted octanol–water partition coefficient (Wildman–Crippen LogP) is 2.02. The molecule has 2 heterocycles. The van der Waals surface area contributed by atoms with Gasteiger partial charge in [-0.15, -0.1) is 0 Å². The standard InChI is InChI=1S/C18H18N2O5/c1-23-17(21)6-8-20(18(22)14-3-2-7-19-10-14)11-13-4-5-15-16(9-13)25-12-24-15/h2-5,7,9-10H,6,8,11-12H2,1H3. The van der Waals surface area contributed by atoms with Crippen LogP contribution in [0.25, 0.3) is 0 Å². The molecule has 1 aromatic carbocycles. The molecular formula is C18H18N2O5. The van der Waals surface area contributed by atoms with Crippen LogP contribution in [-0.4, -0.2) is 42.2 Å². The van der Waals surface area contributed by atoms with Crippen LogP contribution in [0.4, 0.5) is 0 Å². The van der Waals surface area contributed by atoms with Gasteiger partial charge in [-0.1, -0.05) is 6.07 Å². The number of benzene rings is 1. The number of nitrogens with zero attached hydrogens (tertiary/aromatic N) is 2. The monoisotopic (exact) mass is 342 g/mol. The fourth-order valence-corrected chi connectivity index (χ4v) is 2.51. The van der Waals surface area contributed by atoms with Crippen LogP contribution in [0.15, 0.2) is 42.7 Å². The Morgan fingerprint density at radius 1 is 1.24 bits per heavy atom. The lowest BCUT2D eigenvalue weighted by molar-refractivity contribution is -0.140. The molecule has 0 spiro atoms. The Bertz CT molecular complexity index is 763. The molecule has 0 N–H and O–H groups in total. The summed E-state index contributed by atoms with van der Waals surface area (Å²) in [5.41, 5.74) is 1.35. The van der Waals surface area contributed by atoms with E-state index in [-0.39, 0.29) is 31.6 Å². The highest BCUT2D eigenvalue weighted by molar-refractivity contribution is 5.94. The number of esters is 1. The van der Waals surface area contributed by atoms with Gasteiger partial charge in [-0.3, -0.25) is 14.6 Å². The van der Waals surface area contributed by atoms with Crippen molar-refractivity contribution in [2.75, 3.05) is 20.4 Å². The maximum absolute atomic E-state index is 12.8. The lowest BCUT2D eigenvalue weighted by atomic mass is 10.1. The number of amides is 1. The third-order valence-electron chi connectivity index (χ3n) is 3.82. The van der Waals surface area contributed by atoms with Crippen molar-refractivity contribution in [1.82, 2.24) is 9.88 Å². The van der Waals surface area contributed by atoms with Crippen LogP contribution in [-0.2, 0) is 16.1 Å². The van der Waals surface area contributed by atoms with Gasteiger partial charge in [-0.2, -0.15) is 0 Å². The van der Waals surface area contributed by atoms with Gasteiger partial charge in [-0.25, -0.2) is 0 Å². The molecule has 0 atom stereocenters. The summed E-state index contributed by atoms with van der Waals surface area (Å²) in [6.45, 7) is 0.773. The van der Waals surface area contributed by atoms with Crippen LogP contribution >= 0.6 is 0 Å². The maximum atomic E-state index is 12.8. The molecule has 0 fully saturated rings. The zero-order valence-corrected chi connectivity index (χ0v) is 13.8. The molecule has 1 aromatic heterocycles. The number of carbonyl (C=O) groups is 2. The summed E-state index contributed by atoms with van der Waals surface area (Å²) < 4.78 is 15.3. The first-order valence-corrected chi connectivity index (χ1v) is 7.82. The molecule has 0 saturated carbocycles. The van der Waals surface area contributed by atoms with E-state index in [9.17, 15) is 9.59 Å². The molecule has 0 aliphatic carbocycles. The third-order valence-corrected chi connectivity index (χ3v) is 3.82. The summed E-state index contributed by atoms with van der Waals surface area (Å²) in [6.07, 6.45) is 3.23. The molecule has 1 amide bonds. The minimum Gasteiger partial charge on any atom is -0.469 e. The van der Waals surface area contributed by atoms with Crippen molar-refractivity contribution < 1.29 is 23.8 Å². The van der Waals surface area contributed by atoms with Gasteiger partial charge in [-0.05, 0) is 29.8 Å². The summed E-state index contributed by atoms with van der Waals surface area (Å²) in [6, 6.07) is 8.91. The molecule has 7 nitrogen and oxygen atoms in total. The molecule has 2 aromatic rings. The van der Waals surface area contributed by atoms with Crippen molar-refractivity contribution in [3.05, 3.63) is 53.9 Å². The Labute approximate surface area is 145 Å². The molecule has 130 valence electrons. The molecule has 3 rings (SSSR count). The average Bonchev–Trinajstić information content (AvgIpc) is 3.12. The second kappa shape index (κ2) is 7.65. The molecular weight excluding hydrogens is 324 g/mol. The first-order valence-electron chi connectivity index (χ1n) is 7.82. The SMILES string of the molecule is COC(=O)CCN(Cc1ccc2c(c1)OCO2)C(=O)c1cccnc1. The van der Waals surface area contributed by atoms with Gasteiger partial charge in [0.1, 0.15) is 0 Å². The number of rotatable bonds is 6. The molecule has 25 heavy (non-hydrogen) atoms. The van der Waals surface area contributed by atoms with Crippen molar-refractivity contribution in [3.63, 3.8) is 0 Å². The zero-order chi connectivity index (χ0) is 17.6. The van der Waals surface area contributed by atoms with Gasteiger partial charge in [0, 0.05) is 25.5 Å². The van der Waals surface area contributed by atoms with Crippen molar-refractivity contribution in [3.8, 4) is 11.5 Å². The summed E-state index contributed by atoms with van der Waals surface area (Å²) in [5, 5.41) is 0. The Kier molecular flexibility index (Phi) is 5.13. The predicted molar refractivity (Wildman–Crippen MR) is 88.2 cm³/mol. The van der Waals surface area contributed by atoms with E-state index in [1.165, 1.54) is 13.3 Å². The van der Waals surface area contributed by atoms with E-state index < -0.39 is 0 Å². The van der Waals surface area contributed by atoms with Crippen molar-refractivity contribution in [2.24, 2.45) is 0 Å². The van der Waals surface area contributed by atoms with Gasteiger partial charge >= 0.3 is 5.97 Å². The molecule has 1 aliphatic rings. The van der Waals surface area contributed by atoms with E-state index in [0.29, 0.717) is 23.6 Å². The third kappa shape index (κ3) is 4.06. The van der Waals surface area contributed by atoms with Crippen molar-refractivity contribution in [1.29, 1.82) is 0 Å². The second-order valence-electron chi connectivity index (χ2n) is 5.48. The van der Waals surface area contributed by atoms with Crippen LogP contribution in [0.1, 0.15) is 22.3 Å². The number of carbonyl (C=O) groups excluding carboxylic acids is 2. The van der Waals surface area contributed by atoms with Crippen LogP contribution in [0.2, 0.25) is 0 Å². The average molecular weight is 342 g/mol. The van der Waals surface area contributed by atoms with Gasteiger partial charge < -0.3 is 19.1 Å². The molecule has 7 heteroatoms. The van der Waals surface area contributed by atoms with E-state index in [1.54, 1.807) is 23.2 Å². The zero-order valence-electron chi connectivity index (χ0n) is 13.8. The van der Waals surface area contributed by atoms with E-state index >= 15 is 0 Å². The molecule has 1 aliphatic heterocycles. The van der Waals surface area contributed by atoms with E-state index in [2.05, 4.69) is 9.72 Å². The van der Waals surface area contributed by atoms with E-state index in [1.807, 2.05) is 18.2 Å². The lowest BCUT2D eigenvalue weighted by Crippen LogP contribution is -2.32. The van der Waals surface area contributed by atoms with Gasteiger partial charge in [0.2, 0.25) is 6.79 Å². The fourth-order valence-electron chi connectivity index (χ4n) is 2.51. The first-order chi connectivity index (χ1) is 12.2. The Morgan fingerprint density at radius 2 is 2.08 bits per heavy atom. The van der Waals surface area contributed by atoms with Crippen molar-refractivity contribution >= 4 is 11.9 Å². The Hall–Kier alpha value is -3.09. The number of hydrogen-bond donors (Lipinski definition) is 0. The van der Waals surface area contributed by atoms with E-state index in [4.69, 9.17) is 9.47 Å². The first kappa shape index (κ1) is 16.8. The molecule has 0 radical (unpaired) electrons. The largest absolute Gasteiger partial charge is 0.469 e.